The number of carbonyl (C=O) groups excluding carboxylic acids is 3. The van der Waals surface area contributed by atoms with Crippen molar-refractivity contribution in [3.63, 3.8) is 0 Å². The fourth-order valence-corrected chi connectivity index (χ4v) is 8.36. The number of halogens is 1. The summed E-state index contributed by atoms with van der Waals surface area (Å²) in [5, 5.41) is 33.0. The van der Waals surface area contributed by atoms with Crippen molar-refractivity contribution in [3.8, 4) is 0 Å². The number of aliphatic carboxylic acids is 1. The zero-order valence-corrected chi connectivity index (χ0v) is 37.9. The predicted molar refractivity (Wildman–Crippen MR) is 232 cm³/mol. The molecule has 0 saturated heterocycles. The van der Waals surface area contributed by atoms with E-state index in [1.54, 1.807) is 24.3 Å². The van der Waals surface area contributed by atoms with Gasteiger partial charge in [-0.1, -0.05) is 49.9 Å². The van der Waals surface area contributed by atoms with Crippen LogP contribution in [-0.4, -0.2) is 106 Å². The Hall–Kier alpha value is -4.73. The number of carbonyl (C=O) groups is 4. The van der Waals surface area contributed by atoms with E-state index in [0.717, 1.165) is 31.2 Å². The highest BCUT2D eigenvalue weighted by molar-refractivity contribution is 7.90. The molecular formula is C40H59ClN4O15S2. The topological polar surface area (TPSA) is 300 Å². The highest BCUT2D eigenvalue weighted by Crippen LogP contribution is 2.46. The summed E-state index contributed by atoms with van der Waals surface area (Å²) in [6.45, 7) is 0. The molecule has 0 aromatic heterocycles. The number of hydrogen-bond acceptors (Lipinski definition) is 15. The molecule has 2 aromatic carbocycles. The Balaban J connectivity index is 0.000000507. The minimum Gasteiger partial charge on any atom is -0.481 e. The average Bonchev–Trinajstić information content (AvgIpc) is 3.15. The number of ether oxygens (including phenoxy) is 2. The quantitative estimate of drug-likeness (QED) is 0.0661. The summed E-state index contributed by atoms with van der Waals surface area (Å²) in [6, 6.07) is 10.0. The maximum absolute atomic E-state index is 13.0. The number of hydrogen-bond donors (Lipinski definition) is 3. The largest absolute Gasteiger partial charge is 0.481 e. The van der Waals surface area contributed by atoms with Crippen molar-refractivity contribution in [2.45, 2.75) is 102 Å². The van der Waals surface area contributed by atoms with Crippen LogP contribution in [0, 0.1) is 31.1 Å². The number of esters is 2. The molecule has 0 radical (unpaired) electrons. The Morgan fingerprint density at radius 3 is 1.42 bits per heavy atom. The number of nitrogens with one attached hydrogen (secondary N) is 1. The summed E-state index contributed by atoms with van der Waals surface area (Å²) in [5.41, 5.74) is 5.80. The minimum absolute atomic E-state index is 0. The lowest BCUT2D eigenvalue weighted by atomic mass is 9.65. The molecule has 2 aliphatic rings. The van der Waals surface area contributed by atoms with E-state index in [9.17, 15) is 56.2 Å². The monoisotopic (exact) mass is 934 g/mol. The van der Waals surface area contributed by atoms with Crippen molar-refractivity contribution in [3.05, 3.63) is 79.9 Å². The molecule has 0 bridgehead atoms. The summed E-state index contributed by atoms with van der Waals surface area (Å²) in [5.74, 6) is -1.77. The summed E-state index contributed by atoms with van der Waals surface area (Å²) in [6.07, 6.45) is 11.2. The van der Waals surface area contributed by atoms with E-state index in [1.807, 2.05) is 0 Å². The number of nitrogens with zero attached hydrogens (tertiary/aromatic N) is 2. The Kier molecular flexibility index (Phi) is 22.6. The van der Waals surface area contributed by atoms with Gasteiger partial charge in [-0.3, -0.25) is 34.6 Å². The van der Waals surface area contributed by atoms with Crippen molar-refractivity contribution >= 4 is 67.3 Å². The van der Waals surface area contributed by atoms with E-state index in [0.29, 0.717) is 63.4 Å². The van der Waals surface area contributed by atoms with Gasteiger partial charge in [-0.25, -0.2) is 21.6 Å². The molecule has 2 aromatic rings. The number of amides is 1. The number of carboxylic acids is 1. The number of non-ortho nitro benzene ring substituents is 2. The molecule has 1 unspecified atom stereocenters. The highest BCUT2D eigenvalue weighted by atomic mass is 35.5. The number of unbranched alkanes of at least 4 members (excludes halogenated alkanes) is 2. The lowest BCUT2D eigenvalue weighted by Gasteiger charge is -2.41. The fourth-order valence-electron chi connectivity index (χ4n) is 6.90. The number of nitro benzene ring substituents is 2. The molecule has 2 aliphatic carbocycles. The van der Waals surface area contributed by atoms with E-state index < -0.39 is 70.3 Å². The third-order valence-corrected chi connectivity index (χ3v) is 12.9. The van der Waals surface area contributed by atoms with Gasteiger partial charge in [-0.15, -0.1) is 12.4 Å². The van der Waals surface area contributed by atoms with Crippen LogP contribution < -0.4 is 11.1 Å². The molecular weight excluding hydrogens is 876 g/mol. The van der Waals surface area contributed by atoms with Gasteiger partial charge >= 0.3 is 17.9 Å². The first-order chi connectivity index (χ1) is 28.5. The lowest BCUT2D eigenvalue weighted by molar-refractivity contribution is -0.385. The van der Waals surface area contributed by atoms with E-state index in [-0.39, 0.29) is 47.6 Å². The number of nitrogens with two attached hydrogens (primary N) is 1. The zero-order valence-electron chi connectivity index (χ0n) is 35.4. The van der Waals surface area contributed by atoms with E-state index in [4.69, 9.17) is 15.6 Å². The molecule has 1 amide bonds. The summed E-state index contributed by atoms with van der Waals surface area (Å²) in [7, 11) is -3.43. The van der Waals surface area contributed by atoms with Crippen LogP contribution in [-0.2, 0) is 61.2 Å². The van der Waals surface area contributed by atoms with Gasteiger partial charge in [-0.2, -0.15) is 0 Å². The number of nitro groups is 2. The van der Waals surface area contributed by atoms with Crippen molar-refractivity contribution in [2.75, 3.05) is 38.2 Å². The normalized spacial score (nSPS) is 15.6. The number of benzene rings is 2. The first kappa shape index (κ1) is 55.3. The Labute approximate surface area is 368 Å². The number of sulfone groups is 2. The zero-order chi connectivity index (χ0) is 46.0. The van der Waals surface area contributed by atoms with Crippen LogP contribution in [0.2, 0.25) is 0 Å². The average molecular weight is 936 g/mol. The number of carboxylic acid groups (broad SMARTS) is 1. The predicted octanol–water partition coefficient (Wildman–Crippen LogP) is 4.70. The van der Waals surface area contributed by atoms with Crippen LogP contribution >= 0.6 is 12.4 Å². The smallest absolute Gasteiger partial charge is 0.328 e. The van der Waals surface area contributed by atoms with Crippen molar-refractivity contribution < 1.29 is 60.4 Å². The molecule has 4 N–H and O–H groups in total. The van der Waals surface area contributed by atoms with E-state index >= 15 is 0 Å². The van der Waals surface area contributed by atoms with Gasteiger partial charge in [0.25, 0.3) is 11.4 Å². The van der Waals surface area contributed by atoms with Crippen LogP contribution in [0.5, 0.6) is 0 Å². The maximum atomic E-state index is 13.0. The Morgan fingerprint density at radius 2 is 1.10 bits per heavy atom. The SMILES string of the molecule is COC(=O)C(N)Cc1ccc([N+](=O)[O-])cc1.COC(=O)[C@H](Cc1ccc([N+](=O)[O-])cc1)NC(=O)C1(CCCCS(C)(=O)=O)CCC1.CS(=O)(=O)CCCCC1(C(=O)O)CCC1.Cl. The molecule has 62 heavy (non-hydrogen) atoms. The molecule has 4 rings (SSSR count). The number of methoxy groups -OCH3 is 2. The lowest BCUT2D eigenvalue weighted by Crippen LogP contribution is -2.52. The first-order valence-corrected chi connectivity index (χ1v) is 23.9. The third kappa shape index (κ3) is 18.7. The van der Waals surface area contributed by atoms with Crippen molar-refractivity contribution in [1.29, 1.82) is 0 Å². The van der Waals surface area contributed by atoms with Crippen LogP contribution in [0.4, 0.5) is 11.4 Å². The van der Waals surface area contributed by atoms with Gasteiger partial charge in [0, 0.05) is 60.1 Å². The number of rotatable bonds is 21. The van der Waals surface area contributed by atoms with Gasteiger partial charge in [0.05, 0.1) is 29.5 Å². The highest BCUT2D eigenvalue weighted by Gasteiger charge is 2.45. The van der Waals surface area contributed by atoms with Gasteiger partial charge in [-0.05, 0) is 68.9 Å². The second kappa shape index (κ2) is 25.4. The second-order valence-electron chi connectivity index (χ2n) is 15.7. The van der Waals surface area contributed by atoms with Gasteiger partial charge in [0.1, 0.15) is 31.8 Å². The maximum Gasteiger partial charge on any atom is 0.328 e. The summed E-state index contributed by atoms with van der Waals surface area (Å²) < 4.78 is 53.6. The molecule has 2 atom stereocenters. The van der Waals surface area contributed by atoms with E-state index in [2.05, 4.69) is 10.1 Å². The molecule has 348 valence electrons. The molecule has 2 fully saturated rings. The van der Waals surface area contributed by atoms with Crippen LogP contribution in [0.1, 0.15) is 88.2 Å². The minimum atomic E-state index is -3.03. The van der Waals surface area contributed by atoms with Crippen LogP contribution in [0.25, 0.3) is 0 Å². The molecule has 0 heterocycles. The van der Waals surface area contributed by atoms with Gasteiger partial charge in [0.2, 0.25) is 5.91 Å². The standard InChI is InChI=1S/C20H28N2O7S.C10H12N2O4.C10H18O4S.ClH/c1-29-18(23)17(14-15-6-8-16(9-7-15)22(25)26)21-19(24)20(11-5-12-20)10-3-4-13-30(2,27)28;1-16-10(13)9(11)6-7-2-4-8(5-3-7)12(14)15;1-15(13,14)8-3-2-5-10(9(11)12)6-4-7-10;/h6-9,17H,3-5,10-14H2,1-2H3,(H,21,24);2-5,9H,6,11H2,1H3;2-8H2,1H3,(H,11,12);1H/t17-;;;/m0.../s1. The van der Waals surface area contributed by atoms with Crippen LogP contribution in [0.15, 0.2) is 48.5 Å². The third-order valence-electron chi connectivity index (χ3n) is 10.9. The fraction of sp³-hybridized carbons (Fsp3) is 0.600. The van der Waals surface area contributed by atoms with Crippen LogP contribution in [0.3, 0.4) is 0 Å². The van der Waals surface area contributed by atoms with E-state index in [1.165, 1.54) is 51.0 Å². The first-order valence-electron chi connectivity index (χ1n) is 19.7. The van der Waals surface area contributed by atoms with Gasteiger partial charge < -0.3 is 25.6 Å². The Bertz CT molecular complexity index is 2040. The van der Waals surface area contributed by atoms with Gasteiger partial charge in [0.15, 0.2) is 0 Å². The molecule has 19 nitrogen and oxygen atoms in total. The second-order valence-corrected chi connectivity index (χ2v) is 20.2. The molecule has 0 spiro atoms. The molecule has 0 aliphatic heterocycles. The summed E-state index contributed by atoms with van der Waals surface area (Å²) in [4.78, 5) is 67.4. The molecule has 2 saturated carbocycles. The van der Waals surface area contributed by atoms with Crippen molar-refractivity contribution in [2.24, 2.45) is 16.6 Å². The molecule has 22 heteroatoms. The summed E-state index contributed by atoms with van der Waals surface area (Å²) >= 11 is 0. The van der Waals surface area contributed by atoms with Crippen molar-refractivity contribution in [1.82, 2.24) is 5.32 Å². The Morgan fingerprint density at radius 1 is 0.710 bits per heavy atom.